The second-order valence-corrected chi connectivity index (χ2v) is 16.5. The number of anilines is 1. The first-order valence-corrected chi connectivity index (χ1v) is 17.0. The third kappa shape index (κ3) is 6.87. The van der Waals surface area contributed by atoms with Gasteiger partial charge in [-0.1, -0.05) is 35.6 Å². The van der Waals surface area contributed by atoms with Gasteiger partial charge in [-0.05, 0) is 36.9 Å². The second kappa shape index (κ2) is 12.4. The van der Waals surface area contributed by atoms with Crippen molar-refractivity contribution in [2.24, 2.45) is 0 Å². The maximum Gasteiger partial charge on any atom is 0.260 e. The molecule has 0 saturated carbocycles. The lowest BCUT2D eigenvalue weighted by Gasteiger charge is -2.26. The van der Waals surface area contributed by atoms with E-state index in [4.69, 9.17) is 14.2 Å². The molecule has 1 atom stereocenters. The molecule has 35 heavy (non-hydrogen) atoms. The van der Waals surface area contributed by atoms with E-state index < -0.39 is 14.1 Å². The predicted molar refractivity (Wildman–Crippen MR) is 142 cm³/mol. The minimum atomic E-state index is -1.30. The Morgan fingerprint density at radius 1 is 1.11 bits per heavy atom. The van der Waals surface area contributed by atoms with Crippen molar-refractivity contribution in [3.63, 3.8) is 0 Å². The Labute approximate surface area is 217 Å². The summed E-state index contributed by atoms with van der Waals surface area (Å²) in [6, 6.07) is 3.62. The molecule has 0 spiro atoms. The Morgan fingerprint density at radius 2 is 1.89 bits per heavy atom. The topological polar surface area (TPSA) is 88.5 Å². The zero-order valence-corrected chi connectivity index (χ0v) is 23.7. The van der Waals surface area contributed by atoms with Crippen LogP contribution in [0.2, 0.25) is 25.7 Å². The summed E-state index contributed by atoms with van der Waals surface area (Å²) in [5.74, 6) is 0.381. The summed E-state index contributed by atoms with van der Waals surface area (Å²) in [5.41, 5.74) is 1.45. The SMILES string of the molecule is COc1cc2c(cc1OCCCCCBr)N(COCC[Si](C)(C)C)C(=O)[C@@H]1CC(CO)=CN1C2=O. The van der Waals surface area contributed by atoms with Crippen LogP contribution in [0, 0.1) is 0 Å². The predicted octanol–water partition coefficient (Wildman–Crippen LogP) is 4.39. The van der Waals surface area contributed by atoms with Crippen molar-refractivity contribution in [3.05, 3.63) is 29.5 Å². The summed E-state index contributed by atoms with van der Waals surface area (Å²) >= 11 is 3.44. The fourth-order valence-electron chi connectivity index (χ4n) is 4.07. The van der Waals surface area contributed by atoms with Crippen LogP contribution in [0.4, 0.5) is 5.69 Å². The number of methoxy groups -OCH3 is 1. The van der Waals surface area contributed by atoms with E-state index in [2.05, 4.69) is 35.6 Å². The molecule has 1 aromatic rings. The van der Waals surface area contributed by atoms with E-state index in [0.29, 0.717) is 48.0 Å². The molecule has 194 valence electrons. The van der Waals surface area contributed by atoms with Crippen molar-refractivity contribution in [1.82, 2.24) is 4.90 Å². The van der Waals surface area contributed by atoms with Gasteiger partial charge >= 0.3 is 0 Å². The lowest BCUT2D eigenvalue weighted by Crippen LogP contribution is -2.45. The summed E-state index contributed by atoms with van der Waals surface area (Å²) in [4.78, 5) is 30.1. The molecule has 2 amide bonds. The summed E-state index contributed by atoms with van der Waals surface area (Å²) in [5, 5.41) is 10.6. The first-order chi connectivity index (χ1) is 16.7. The quantitative estimate of drug-likeness (QED) is 0.216. The Bertz CT molecular complexity index is 949. The number of halogens is 1. The number of unbranched alkanes of at least 4 members (excludes halogenated alkanes) is 2. The van der Waals surface area contributed by atoms with Crippen LogP contribution in [0.5, 0.6) is 11.5 Å². The van der Waals surface area contributed by atoms with Crippen LogP contribution >= 0.6 is 15.9 Å². The van der Waals surface area contributed by atoms with Crippen LogP contribution in [0.1, 0.15) is 36.0 Å². The van der Waals surface area contributed by atoms with Gasteiger partial charge in [-0.3, -0.25) is 14.5 Å². The Morgan fingerprint density at radius 3 is 2.54 bits per heavy atom. The van der Waals surface area contributed by atoms with E-state index in [1.54, 1.807) is 18.3 Å². The summed E-state index contributed by atoms with van der Waals surface area (Å²) < 4.78 is 17.5. The summed E-state index contributed by atoms with van der Waals surface area (Å²) in [7, 11) is 0.232. The molecule has 0 unspecified atom stereocenters. The Balaban J connectivity index is 1.94. The zero-order valence-electron chi connectivity index (χ0n) is 21.1. The molecular weight excluding hydrogens is 532 g/mol. The van der Waals surface area contributed by atoms with Crippen molar-refractivity contribution in [1.29, 1.82) is 0 Å². The molecule has 2 heterocycles. The van der Waals surface area contributed by atoms with Gasteiger partial charge in [-0.25, -0.2) is 0 Å². The number of ether oxygens (including phenoxy) is 3. The molecule has 8 nitrogen and oxygen atoms in total. The molecule has 3 rings (SSSR count). The number of hydrogen-bond donors (Lipinski definition) is 1. The van der Waals surface area contributed by atoms with Crippen LogP contribution in [0.25, 0.3) is 0 Å². The van der Waals surface area contributed by atoms with Crippen LogP contribution in [-0.4, -0.2) is 74.9 Å². The van der Waals surface area contributed by atoms with Crippen molar-refractivity contribution < 1.29 is 28.9 Å². The molecule has 10 heteroatoms. The van der Waals surface area contributed by atoms with Crippen molar-refractivity contribution in [2.45, 2.75) is 57.4 Å². The monoisotopic (exact) mass is 568 g/mol. The number of benzene rings is 1. The van der Waals surface area contributed by atoms with Crippen LogP contribution in [0.15, 0.2) is 23.9 Å². The normalized spacial score (nSPS) is 17.8. The van der Waals surface area contributed by atoms with Gasteiger partial charge in [0.1, 0.15) is 12.8 Å². The molecule has 0 aliphatic carbocycles. The summed E-state index contributed by atoms with van der Waals surface area (Å²) in [6.45, 7) is 7.71. The highest BCUT2D eigenvalue weighted by atomic mass is 79.9. The van der Waals surface area contributed by atoms with Crippen molar-refractivity contribution in [2.75, 3.05) is 43.9 Å². The lowest BCUT2D eigenvalue weighted by atomic mass is 10.1. The standard InChI is InChI=1S/C25H37BrN2O6Si/c1-32-22-13-19-20(14-23(22)34-9-7-5-6-8-26)28(17-33-10-11-35(2,3)4)25(31)21-12-18(16-29)15-27(21)24(19)30/h13-15,21,29H,5-12,16-17H2,1-4H3/t21-/m0/s1. The number of aliphatic hydroxyl groups is 1. The molecule has 1 aromatic carbocycles. The maximum absolute atomic E-state index is 13.7. The largest absolute Gasteiger partial charge is 0.493 e. The molecule has 0 aromatic heterocycles. The first-order valence-electron chi connectivity index (χ1n) is 12.1. The Kier molecular flexibility index (Phi) is 9.80. The van der Waals surface area contributed by atoms with Crippen LogP contribution in [0.3, 0.4) is 0 Å². The van der Waals surface area contributed by atoms with E-state index >= 15 is 0 Å². The second-order valence-electron chi connectivity index (χ2n) is 10.1. The maximum atomic E-state index is 13.7. The third-order valence-corrected chi connectivity index (χ3v) is 8.42. The highest BCUT2D eigenvalue weighted by molar-refractivity contribution is 9.09. The van der Waals surface area contributed by atoms with E-state index in [9.17, 15) is 14.7 Å². The number of nitrogens with zero attached hydrogens (tertiary/aromatic N) is 2. The number of hydrogen-bond acceptors (Lipinski definition) is 6. The van der Waals surface area contributed by atoms with Crippen LogP contribution < -0.4 is 14.4 Å². The van der Waals surface area contributed by atoms with E-state index in [1.807, 2.05) is 0 Å². The average Bonchev–Trinajstić information content (AvgIpc) is 3.24. The summed E-state index contributed by atoms with van der Waals surface area (Å²) in [6.07, 6.45) is 4.87. The molecule has 0 bridgehead atoms. The van der Waals surface area contributed by atoms with Gasteiger partial charge in [0, 0.05) is 38.7 Å². The van der Waals surface area contributed by atoms with Gasteiger partial charge < -0.3 is 24.2 Å². The van der Waals surface area contributed by atoms with E-state index in [1.165, 1.54) is 16.9 Å². The van der Waals surface area contributed by atoms with E-state index in [0.717, 1.165) is 30.6 Å². The fraction of sp³-hybridized carbons (Fsp3) is 0.600. The molecule has 0 saturated heterocycles. The zero-order chi connectivity index (χ0) is 25.6. The van der Waals surface area contributed by atoms with Gasteiger partial charge in [0.2, 0.25) is 0 Å². The number of carbonyl (C=O) groups excluding carboxylic acids is 2. The molecular formula is C25H37BrN2O6Si. The molecule has 0 fully saturated rings. The molecule has 0 radical (unpaired) electrons. The number of alkyl halides is 1. The minimum absolute atomic E-state index is 0.0411. The highest BCUT2D eigenvalue weighted by Gasteiger charge is 2.43. The smallest absolute Gasteiger partial charge is 0.260 e. The van der Waals surface area contributed by atoms with Gasteiger partial charge in [0.15, 0.2) is 11.5 Å². The van der Waals surface area contributed by atoms with Crippen molar-refractivity contribution in [3.8, 4) is 11.5 Å². The van der Waals surface area contributed by atoms with Gasteiger partial charge in [-0.2, -0.15) is 0 Å². The number of aliphatic hydroxyl groups excluding tert-OH is 1. The fourth-order valence-corrected chi connectivity index (χ4v) is 5.23. The molecule has 2 aliphatic heterocycles. The number of rotatable bonds is 13. The lowest BCUT2D eigenvalue weighted by molar-refractivity contribution is -0.123. The number of carbonyl (C=O) groups is 2. The van der Waals surface area contributed by atoms with E-state index in [-0.39, 0.29) is 25.2 Å². The van der Waals surface area contributed by atoms with Gasteiger partial charge in [0.25, 0.3) is 11.8 Å². The molecule has 2 aliphatic rings. The Hall–Kier alpha value is -1.88. The highest BCUT2D eigenvalue weighted by Crippen LogP contribution is 2.40. The van der Waals surface area contributed by atoms with Gasteiger partial charge in [0.05, 0.1) is 31.6 Å². The number of fused-ring (bicyclic) bond motifs is 2. The average molecular weight is 570 g/mol. The minimum Gasteiger partial charge on any atom is -0.493 e. The molecule has 1 N–H and O–H groups in total. The van der Waals surface area contributed by atoms with Crippen LogP contribution in [-0.2, 0) is 9.53 Å². The first kappa shape index (κ1) is 27.7. The van der Waals surface area contributed by atoms with Crippen molar-refractivity contribution >= 4 is 41.5 Å². The van der Waals surface area contributed by atoms with Gasteiger partial charge in [-0.15, -0.1) is 0 Å². The third-order valence-electron chi connectivity index (χ3n) is 6.16. The number of amides is 2.